The van der Waals surface area contributed by atoms with E-state index in [9.17, 15) is 4.79 Å². The lowest BCUT2D eigenvalue weighted by molar-refractivity contribution is -0.140. The van der Waals surface area contributed by atoms with Crippen LogP contribution in [0.25, 0.3) is 0 Å². The van der Waals surface area contributed by atoms with Gasteiger partial charge in [-0.2, -0.15) is 0 Å². The van der Waals surface area contributed by atoms with Crippen molar-refractivity contribution in [2.45, 2.75) is 19.9 Å². The zero-order valence-electron chi connectivity index (χ0n) is 7.69. The number of ether oxygens (including phenoxy) is 1. The Balaban J connectivity index is 3.65. The summed E-state index contributed by atoms with van der Waals surface area (Å²) in [4.78, 5) is 14.8. The van der Waals surface area contributed by atoms with E-state index in [1.807, 2.05) is 6.92 Å². The second-order valence-electron chi connectivity index (χ2n) is 2.28. The third kappa shape index (κ3) is 5.92. The van der Waals surface area contributed by atoms with Gasteiger partial charge in [0.25, 0.3) is 0 Å². The lowest BCUT2D eigenvalue weighted by atomic mass is 10.3. The number of aliphatic carboxylic acids is 1. The molecule has 0 saturated carbocycles. The van der Waals surface area contributed by atoms with Crippen LogP contribution in [0.1, 0.15) is 13.8 Å². The first-order chi connectivity index (χ1) is 6.07. The van der Waals surface area contributed by atoms with E-state index < -0.39 is 12.0 Å². The molecule has 13 heavy (non-hydrogen) atoms. The molecule has 0 bridgehead atoms. The molecule has 0 aromatic heterocycles. The Morgan fingerprint density at radius 2 is 2.31 bits per heavy atom. The molecule has 6 nitrogen and oxygen atoms in total. The Labute approximate surface area is 76.3 Å². The van der Waals surface area contributed by atoms with Crippen LogP contribution in [0.3, 0.4) is 0 Å². The normalized spacial score (nSPS) is 13.6. The number of carbonyl (C=O) groups is 1. The molecular weight excluding hydrogens is 176 g/mol. The third-order valence-electron chi connectivity index (χ3n) is 1.12. The third-order valence-corrected chi connectivity index (χ3v) is 1.12. The molecular formula is C7H14N2O4. The number of oxime groups is 1. The molecule has 0 heterocycles. The molecule has 0 saturated heterocycles. The number of carboxylic acid groups (broad SMARTS) is 1. The van der Waals surface area contributed by atoms with Crippen LogP contribution in [0.5, 0.6) is 0 Å². The predicted octanol–water partition coefficient (Wildman–Crippen LogP) is -0.215. The lowest BCUT2D eigenvalue weighted by Gasteiger charge is -2.05. The number of hydrogen-bond acceptors (Lipinski definition) is 5. The highest BCUT2D eigenvalue weighted by Crippen LogP contribution is 1.87. The van der Waals surface area contributed by atoms with Gasteiger partial charge < -0.3 is 20.4 Å². The Hall–Kier alpha value is -1.30. The molecule has 76 valence electrons. The fraction of sp³-hybridized carbons (Fsp3) is 0.714. The van der Waals surface area contributed by atoms with Crippen molar-refractivity contribution < 1.29 is 19.5 Å². The van der Waals surface area contributed by atoms with Crippen LogP contribution in [-0.2, 0) is 14.4 Å². The van der Waals surface area contributed by atoms with E-state index in [1.54, 1.807) is 6.92 Å². The Morgan fingerprint density at radius 1 is 1.69 bits per heavy atom. The summed E-state index contributed by atoms with van der Waals surface area (Å²) in [7, 11) is 0. The summed E-state index contributed by atoms with van der Waals surface area (Å²) in [5.74, 6) is -0.774. The summed E-state index contributed by atoms with van der Waals surface area (Å²) >= 11 is 0. The van der Waals surface area contributed by atoms with Gasteiger partial charge in [0, 0.05) is 6.92 Å². The van der Waals surface area contributed by atoms with Crippen LogP contribution in [0.4, 0.5) is 0 Å². The van der Waals surface area contributed by atoms with Gasteiger partial charge in [-0.3, -0.25) is 4.79 Å². The minimum absolute atomic E-state index is 0.167. The van der Waals surface area contributed by atoms with Gasteiger partial charge >= 0.3 is 5.97 Å². The summed E-state index contributed by atoms with van der Waals surface area (Å²) in [6.45, 7) is 3.74. The first-order valence-corrected chi connectivity index (χ1v) is 3.85. The van der Waals surface area contributed by atoms with Crippen molar-refractivity contribution in [2.75, 3.05) is 13.2 Å². The van der Waals surface area contributed by atoms with Crippen LogP contribution in [-0.4, -0.2) is 36.2 Å². The fourth-order valence-electron chi connectivity index (χ4n) is 0.515. The Bertz CT molecular complexity index is 193. The van der Waals surface area contributed by atoms with Gasteiger partial charge in [-0.15, -0.1) is 0 Å². The van der Waals surface area contributed by atoms with Crippen molar-refractivity contribution in [3.63, 3.8) is 0 Å². The van der Waals surface area contributed by atoms with Crippen LogP contribution in [0, 0.1) is 0 Å². The van der Waals surface area contributed by atoms with E-state index in [0.717, 1.165) is 0 Å². The minimum atomic E-state index is -1.12. The van der Waals surface area contributed by atoms with Gasteiger partial charge in [-0.1, -0.05) is 5.16 Å². The molecule has 0 aromatic rings. The fourth-order valence-corrected chi connectivity index (χ4v) is 0.515. The molecule has 0 aliphatic rings. The van der Waals surface area contributed by atoms with E-state index in [4.69, 9.17) is 15.6 Å². The average molecular weight is 190 g/mol. The van der Waals surface area contributed by atoms with E-state index in [-0.39, 0.29) is 6.61 Å². The Morgan fingerprint density at radius 3 is 2.77 bits per heavy atom. The van der Waals surface area contributed by atoms with Crippen molar-refractivity contribution in [3.05, 3.63) is 0 Å². The van der Waals surface area contributed by atoms with E-state index in [1.165, 1.54) is 0 Å². The van der Waals surface area contributed by atoms with Crippen LogP contribution in [0.15, 0.2) is 5.16 Å². The maximum Gasteiger partial charge on any atom is 0.324 e. The summed E-state index contributed by atoms with van der Waals surface area (Å²) in [5.41, 5.74) is 5.14. The average Bonchev–Trinajstić information content (AvgIpc) is 2.04. The van der Waals surface area contributed by atoms with Gasteiger partial charge in [0.2, 0.25) is 5.90 Å². The van der Waals surface area contributed by atoms with Crippen LogP contribution in [0.2, 0.25) is 0 Å². The van der Waals surface area contributed by atoms with Crippen LogP contribution < -0.4 is 5.73 Å². The highest BCUT2D eigenvalue weighted by Gasteiger charge is 2.11. The molecule has 0 radical (unpaired) electrons. The van der Waals surface area contributed by atoms with Gasteiger partial charge in [0.15, 0.2) is 0 Å². The van der Waals surface area contributed by atoms with Crippen LogP contribution >= 0.6 is 0 Å². The standard InChI is InChI=1S/C7H14N2O4/c1-3-12-5(2)9-13-4-6(8)7(10)11/h6H,3-4,8H2,1-2H3,(H,10,11)/b9-5+. The molecule has 1 atom stereocenters. The predicted molar refractivity (Wildman–Crippen MR) is 46.3 cm³/mol. The minimum Gasteiger partial charge on any atom is -0.480 e. The zero-order valence-corrected chi connectivity index (χ0v) is 7.69. The quantitative estimate of drug-likeness (QED) is 0.355. The molecule has 0 amide bonds. The second-order valence-corrected chi connectivity index (χ2v) is 2.28. The monoisotopic (exact) mass is 190 g/mol. The molecule has 0 rings (SSSR count). The molecule has 0 aliphatic heterocycles. The highest BCUT2D eigenvalue weighted by molar-refractivity contribution is 5.73. The van der Waals surface area contributed by atoms with Gasteiger partial charge in [0.1, 0.15) is 12.6 Å². The topological polar surface area (TPSA) is 94.1 Å². The summed E-state index contributed by atoms with van der Waals surface area (Å²) in [6.07, 6.45) is 0. The van der Waals surface area contributed by atoms with Crippen molar-refractivity contribution in [1.82, 2.24) is 0 Å². The maximum absolute atomic E-state index is 10.2. The number of nitrogens with two attached hydrogens (primary N) is 1. The summed E-state index contributed by atoms with van der Waals surface area (Å²) < 4.78 is 4.92. The van der Waals surface area contributed by atoms with E-state index in [2.05, 4.69) is 9.99 Å². The van der Waals surface area contributed by atoms with Crippen molar-refractivity contribution in [2.24, 2.45) is 10.9 Å². The zero-order chi connectivity index (χ0) is 10.3. The molecule has 0 spiro atoms. The summed E-state index contributed by atoms with van der Waals surface area (Å²) in [5, 5.41) is 11.9. The van der Waals surface area contributed by atoms with Crippen molar-refractivity contribution in [3.8, 4) is 0 Å². The van der Waals surface area contributed by atoms with Gasteiger partial charge in [-0.05, 0) is 6.92 Å². The summed E-state index contributed by atoms with van der Waals surface area (Å²) in [6, 6.07) is -1.06. The smallest absolute Gasteiger partial charge is 0.324 e. The lowest BCUT2D eigenvalue weighted by Crippen LogP contribution is -2.34. The number of nitrogens with zero attached hydrogens (tertiary/aromatic N) is 1. The van der Waals surface area contributed by atoms with Crippen molar-refractivity contribution in [1.29, 1.82) is 0 Å². The molecule has 3 N–H and O–H groups in total. The molecule has 0 aromatic carbocycles. The Kier molecular flexibility index (Phi) is 5.62. The second kappa shape index (κ2) is 6.24. The molecule has 6 heteroatoms. The van der Waals surface area contributed by atoms with E-state index in [0.29, 0.717) is 12.5 Å². The number of rotatable bonds is 5. The van der Waals surface area contributed by atoms with Gasteiger partial charge in [0.05, 0.1) is 6.61 Å². The molecule has 0 fully saturated rings. The highest BCUT2D eigenvalue weighted by atomic mass is 16.6. The largest absolute Gasteiger partial charge is 0.480 e. The molecule has 1 unspecified atom stereocenters. The van der Waals surface area contributed by atoms with Gasteiger partial charge in [-0.25, -0.2) is 0 Å². The maximum atomic E-state index is 10.2. The number of hydrogen-bond donors (Lipinski definition) is 2. The van der Waals surface area contributed by atoms with Crippen molar-refractivity contribution >= 4 is 11.9 Å². The van der Waals surface area contributed by atoms with E-state index >= 15 is 0 Å². The SMILES string of the molecule is CCO/C(C)=N/OCC(N)C(=O)O. The number of carboxylic acids is 1. The molecule has 0 aliphatic carbocycles. The first kappa shape index (κ1) is 11.7. The first-order valence-electron chi connectivity index (χ1n) is 3.85.